The van der Waals surface area contributed by atoms with Crippen LogP contribution in [0, 0.1) is 21.4 Å². The molecule has 0 radical (unpaired) electrons. The van der Waals surface area contributed by atoms with E-state index in [0.29, 0.717) is 42.7 Å². The number of amides is 1. The summed E-state index contributed by atoms with van der Waals surface area (Å²) < 4.78 is 42.5. The Morgan fingerprint density at radius 1 is 0.986 bits per heavy atom. The summed E-state index contributed by atoms with van der Waals surface area (Å²) in [5.74, 6) is -0.321. The molecule has 3 aromatic carbocycles. The average Bonchev–Trinajstić information content (AvgIpc) is 3.83. The van der Waals surface area contributed by atoms with Crippen molar-refractivity contribution in [1.82, 2.24) is 24.6 Å². The highest BCUT2D eigenvalue weighted by Crippen LogP contribution is 2.46. The van der Waals surface area contributed by atoms with E-state index in [9.17, 15) is 23.3 Å². The van der Waals surface area contributed by atoms with Crippen LogP contribution in [0.1, 0.15) is 73.5 Å². The molecule has 2 fully saturated rings. The number of hydrogen-bond acceptors (Lipinski definition) is 13. The largest absolute Gasteiger partial charge is 0.466 e. The minimum absolute atomic E-state index is 0.0732. The number of rotatable bonds is 13. The molecule has 2 saturated heterocycles. The number of pyridine rings is 2. The zero-order chi connectivity index (χ0) is 48.6. The maximum Gasteiger partial charge on any atom is 0.293 e. The fourth-order valence-electron chi connectivity index (χ4n) is 10.1. The summed E-state index contributed by atoms with van der Waals surface area (Å²) in [7, 11) is -4.62. The number of piperazine rings is 1. The lowest BCUT2D eigenvalue weighted by molar-refractivity contribution is -0.384. The van der Waals surface area contributed by atoms with Gasteiger partial charge in [-0.1, -0.05) is 49.2 Å². The van der Waals surface area contributed by atoms with Crippen molar-refractivity contribution in [3.05, 3.63) is 141 Å². The van der Waals surface area contributed by atoms with E-state index in [1.807, 2.05) is 53.4 Å². The van der Waals surface area contributed by atoms with E-state index in [0.717, 1.165) is 92.6 Å². The first-order valence-electron chi connectivity index (χ1n) is 23.8. The van der Waals surface area contributed by atoms with Crippen molar-refractivity contribution in [2.75, 3.05) is 74.1 Å². The van der Waals surface area contributed by atoms with Gasteiger partial charge in [0.25, 0.3) is 21.6 Å². The van der Waals surface area contributed by atoms with E-state index in [1.54, 1.807) is 24.7 Å². The highest BCUT2D eigenvalue weighted by molar-refractivity contribution is 7.90. The highest BCUT2D eigenvalue weighted by atomic mass is 35.5. The van der Waals surface area contributed by atoms with Crippen molar-refractivity contribution in [2.24, 2.45) is 11.3 Å². The van der Waals surface area contributed by atoms with Gasteiger partial charge in [0, 0.05) is 98.8 Å². The Kier molecular flexibility index (Phi) is 13.3. The molecule has 1 atom stereocenters. The van der Waals surface area contributed by atoms with Crippen LogP contribution in [0.15, 0.2) is 114 Å². The van der Waals surface area contributed by atoms with Crippen LogP contribution >= 0.6 is 11.6 Å². The van der Waals surface area contributed by atoms with Crippen molar-refractivity contribution < 1.29 is 27.6 Å². The summed E-state index contributed by atoms with van der Waals surface area (Å²) in [6.45, 7) is 10.6. The number of nitrogens with one attached hydrogen (secondary N) is 3. The highest BCUT2D eigenvalue weighted by Gasteiger charge is 2.35. The van der Waals surface area contributed by atoms with Crippen molar-refractivity contribution in [2.45, 2.75) is 57.0 Å². The van der Waals surface area contributed by atoms with E-state index in [1.165, 1.54) is 28.8 Å². The first kappa shape index (κ1) is 47.2. The van der Waals surface area contributed by atoms with Crippen LogP contribution < -0.4 is 24.6 Å². The summed E-state index contributed by atoms with van der Waals surface area (Å²) in [4.78, 5) is 45.0. The second-order valence-electron chi connectivity index (χ2n) is 19.4. The number of fused-ring (bicyclic) bond motifs is 2. The van der Waals surface area contributed by atoms with Crippen molar-refractivity contribution in [1.29, 1.82) is 0 Å². The third-order valence-corrected chi connectivity index (χ3v) is 15.7. The van der Waals surface area contributed by atoms with Gasteiger partial charge in [0.15, 0.2) is 0 Å². The van der Waals surface area contributed by atoms with Gasteiger partial charge in [-0.2, -0.15) is 4.98 Å². The van der Waals surface area contributed by atoms with Crippen LogP contribution in [-0.2, 0) is 14.8 Å². The number of H-pyrrole nitrogens is 1. The molecule has 70 heavy (non-hydrogen) atoms. The van der Waals surface area contributed by atoms with Gasteiger partial charge < -0.3 is 29.6 Å². The quantitative estimate of drug-likeness (QED) is 0.0734. The maximum atomic E-state index is 14.6. The second kappa shape index (κ2) is 19.7. The molecular formula is C52H56ClN9O7S. The molecule has 6 aromatic rings. The molecule has 3 aromatic heterocycles. The normalized spacial score (nSPS) is 18.9. The zero-order valence-electron chi connectivity index (χ0n) is 39.2. The van der Waals surface area contributed by atoms with Crippen LogP contribution in [0.4, 0.5) is 28.4 Å². The molecule has 364 valence electrons. The lowest BCUT2D eigenvalue weighted by Crippen LogP contribution is -2.47. The van der Waals surface area contributed by atoms with Crippen LogP contribution in [0.25, 0.3) is 16.6 Å². The van der Waals surface area contributed by atoms with Crippen LogP contribution in [0.3, 0.4) is 0 Å². The van der Waals surface area contributed by atoms with Crippen molar-refractivity contribution >= 4 is 72.6 Å². The molecule has 16 nitrogen and oxygen atoms in total. The van der Waals surface area contributed by atoms with Gasteiger partial charge in [-0.15, -0.1) is 0 Å². The molecule has 4 aliphatic rings. The van der Waals surface area contributed by atoms with E-state index in [-0.39, 0.29) is 29.1 Å². The predicted molar refractivity (Wildman–Crippen MR) is 272 cm³/mol. The molecule has 0 bridgehead atoms. The number of aromatic nitrogens is 3. The molecule has 3 aliphatic heterocycles. The molecule has 3 N–H and O–H groups in total. The van der Waals surface area contributed by atoms with Crippen molar-refractivity contribution in [3.63, 3.8) is 0 Å². The van der Waals surface area contributed by atoms with E-state index < -0.39 is 37.5 Å². The standard InChI is InChI=1S/C52H56ClN9O7S/c1-52(2)17-13-38(43(29-52)35-5-7-39(53)8-6-35)32-59-20-22-60(23-21-59)40-9-11-42(50(63)58-70(66,67)41-10-12-44(46(28-41)62(64)65)56-30-34-15-24-68-25-16-34)45(27-40)61-33-48(37-4-3-18-54-31-37)69-51-47(61)26-36-14-19-55-49(36)57-51/h3-12,14,18-19,26-28,31,34,48,56H,13,15-17,20-25,29-30,32-33H2,1-2H3,(H,55,57)(H,58,63). The zero-order valence-corrected chi connectivity index (χ0v) is 40.8. The number of nitro groups is 1. The summed E-state index contributed by atoms with van der Waals surface area (Å²) in [6.07, 6.45) is 9.44. The molecule has 6 heterocycles. The van der Waals surface area contributed by atoms with Crippen molar-refractivity contribution in [3.8, 4) is 5.88 Å². The van der Waals surface area contributed by atoms with Gasteiger partial charge in [-0.25, -0.2) is 13.1 Å². The molecule has 18 heteroatoms. The number of carbonyl (C=O) groups is 1. The molecule has 1 aliphatic carbocycles. The monoisotopic (exact) mass is 985 g/mol. The first-order chi connectivity index (χ1) is 33.8. The predicted octanol–water partition coefficient (Wildman–Crippen LogP) is 9.53. The van der Waals surface area contributed by atoms with Gasteiger partial charge >= 0.3 is 0 Å². The van der Waals surface area contributed by atoms with Gasteiger partial charge in [-0.3, -0.25) is 24.8 Å². The Bertz CT molecular complexity index is 3060. The number of nitrogens with zero attached hydrogens (tertiary/aromatic N) is 6. The number of halogens is 1. The Morgan fingerprint density at radius 3 is 2.54 bits per heavy atom. The minimum Gasteiger partial charge on any atom is -0.466 e. The number of nitro benzene ring substituents is 1. The van der Waals surface area contributed by atoms with E-state index in [4.69, 9.17) is 26.1 Å². The van der Waals surface area contributed by atoms with Gasteiger partial charge in [0.05, 0.1) is 27.6 Å². The minimum atomic E-state index is -4.62. The Labute approximate surface area is 412 Å². The summed E-state index contributed by atoms with van der Waals surface area (Å²) in [5.41, 5.74) is 7.45. The van der Waals surface area contributed by atoms with Crippen LogP contribution in [-0.4, -0.2) is 98.1 Å². The molecule has 1 amide bonds. The number of allylic oxidation sites excluding steroid dienone is 1. The van der Waals surface area contributed by atoms with Gasteiger partial charge in [-0.05, 0) is 115 Å². The van der Waals surface area contributed by atoms with E-state index in [2.05, 4.69) is 55.8 Å². The lowest BCUT2D eigenvalue weighted by atomic mass is 9.72. The number of ether oxygens (including phenoxy) is 2. The fourth-order valence-corrected chi connectivity index (χ4v) is 11.2. The molecule has 10 rings (SSSR count). The Balaban J connectivity index is 0.961. The molecule has 0 spiro atoms. The molecule has 0 saturated carbocycles. The second-order valence-corrected chi connectivity index (χ2v) is 21.6. The average molecular weight is 987 g/mol. The third kappa shape index (κ3) is 10.2. The van der Waals surface area contributed by atoms with Crippen LogP contribution in [0.5, 0.6) is 5.88 Å². The van der Waals surface area contributed by atoms with Gasteiger partial charge in [0.2, 0.25) is 5.88 Å². The number of aromatic amines is 1. The Hall–Kier alpha value is -6.53. The lowest BCUT2D eigenvalue weighted by Gasteiger charge is -2.40. The van der Waals surface area contributed by atoms with E-state index >= 15 is 0 Å². The number of anilines is 4. The number of carbonyl (C=O) groups excluding carboxylic acids is 1. The first-order valence-corrected chi connectivity index (χ1v) is 25.7. The summed E-state index contributed by atoms with van der Waals surface area (Å²) in [6, 6.07) is 24.8. The van der Waals surface area contributed by atoms with Gasteiger partial charge in [0.1, 0.15) is 23.1 Å². The number of benzene rings is 3. The SMILES string of the molecule is CC1(C)CCC(CN2CCN(c3ccc(C(=O)NS(=O)(=O)c4ccc(NCC5CCOCC5)c([N+](=O)[O-])c4)c(N4CC(c5cccnc5)Oc5nc6[nH]ccc6cc54)c3)CC2)=C(c2ccc(Cl)cc2)C1. The van der Waals surface area contributed by atoms with Crippen LogP contribution in [0.2, 0.25) is 5.02 Å². The summed E-state index contributed by atoms with van der Waals surface area (Å²) in [5, 5.41) is 17.0. The number of sulfonamides is 1. The maximum absolute atomic E-state index is 14.6. The summed E-state index contributed by atoms with van der Waals surface area (Å²) >= 11 is 6.29. The number of hydrogen-bond donors (Lipinski definition) is 3. The smallest absolute Gasteiger partial charge is 0.293 e. The fraction of sp³-hybridized carbons (Fsp3) is 0.365. The molecular weight excluding hydrogens is 930 g/mol. The topological polar surface area (TPSA) is 188 Å². The third-order valence-electron chi connectivity index (χ3n) is 14.1. The Morgan fingerprint density at radius 2 is 1.79 bits per heavy atom. The molecule has 1 unspecified atom stereocenters.